The molecule has 0 aliphatic carbocycles. The van der Waals surface area contributed by atoms with E-state index in [1.807, 2.05) is 48.1 Å². The van der Waals surface area contributed by atoms with Crippen molar-refractivity contribution < 1.29 is 0 Å². The zero-order chi connectivity index (χ0) is 13.2. The third-order valence-electron chi connectivity index (χ3n) is 2.91. The second-order valence-electron chi connectivity index (χ2n) is 4.28. The van der Waals surface area contributed by atoms with Gasteiger partial charge in [0, 0.05) is 29.5 Å². The van der Waals surface area contributed by atoms with Gasteiger partial charge in [-0.25, -0.2) is 4.98 Å². The van der Waals surface area contributed by atoms with Crippen LogP contribution in [0.15, 0.2) is 59.3 Å². The molecule has 0 bridgehead atoms. The summed E-state index contributed by atoms with van der Waals surface area (Å²) in [6.07, 6.45) is 3.80. The fourth-order valence-electron chi connectivity index (χ4n) is 1.96. The first-order chi connectivity index (χ1) is 9.24. The molecule has 0 radical (unpaired) electrons. The molecule has 0 saturated carbocycles. The molecule has 3 rings (SSSR count). The van der Waals surface area contributed by atoms with Gasteiger partial charge >= 0.3 is 0 Å². The van der Waals surface area contributed by atoms with Gasteiger partial charge in [0.05, 0.1) is 5.69 Å². The summed E-state index contributed by atoms with van der Waals surface area (Å²) < 4.78 is 3.07. The summed E-state index contributed by atoms with van der Waals surface area (Å²) in [6, 6.07) is 14.0. The van der Waals surface area contributed by atoms with E-state index in [0.29, 0.717) is 0 Å². The lowest BCUT2D eigenvalue weighted by Gasteiger charge is -1.98. The molecule has 0 spiro atoms. The monoisotopic (exact) mass is 313 g/mol. The average Bonchev–Trinajstić information content (AvgIpc) is 2.83. The minimum absolute atomic E-state index is 0.874. The molecule has 0 fully saturated rings. The van der Waals surface area contributed by atoms with Gasteiger partial charge in [-0.3, -0.25) is 4.98 Å². The number of pyridine rings is 1. The van der Waals surface area contributed by atoms with E-state index >= 15 is 0 Å². The summed E-state index contributed by atoms with van der Waals surface area (Å²) in [6.45, 7) is 0. The molecule has 0 aliphatic rings. The van der Waals surface area contributed by atoms with Crippen LogP contribution in [0, 0.1) is 0 Å². The van der Waals surface area contributed by atoms with Crippen molar-refractivity contribution in [3.8, 4) is 22.8 Å². The number of aromatic nitrogens is 3. The van der Waals surface area contributed by atoms with Crippen molar-refractivity contribution in [1.82, 2.24) is 14.5 Å². The lowest BCUT2D eigenvalue weighted by Crippen LogP contribution is -1.92. The van der Waals surface area contributed by atoms with E-state index in [2.05, 4.69) is 38.0 Å². The molecule has 3 nitrogen and oxygen atoms in total. The highest BCUT2D eigenvalue weighted by Crippen LogP contribution is 2.24. The fraction of sp³-hybridized carbons (Fsp3) is 0.0667. The Morgan fingerprint density at radius 2 is 1.79 bits per heavy atom. The molecular weight excluding hydrogens is 302 g/mol. The molecule has 2 heterocycles. The Bertz CT molecular complexity index is 687. The van der Waals surface area contributed by atoms with Crippen LogP contribution < -0.4 is 0 Å². The molecule has 0 aliphatic heterocycles. The number of imidazole rings is 1. The van der Waals surface area contributed by atoms with Crippen molar-refractivity contribution in [2.45, 2.75) is 0 Å². The van der Waals surface area contributed by atoms with Crippen molar-refractivity contribution in [2.24, 2.45) is 7.05 Å². The molecule has 0 amide bonds. The highest BCUT2D eigenvalue weighted by Gasteiger charge is 2.09. The third-order valence-corrected chi connectivity index (χ3v) is 3.44. The van der Waals surface area contributed by atoms with Crippen LogP contribution in [-0.2, 0) is 7.05 Å². The first-order valence-corrected chi connectivity index (χ1v) is 6.74. The Hall–Kier alpha value is -1.94. The lowest BCUT2D eigenvalue weighted by atomic mass is 10.2. The number of benzene rings is 1. The smallest absolute Gasteiger partial charge is 0.159 e. The molecular formula is C15H12BrN3. The van der Waals surface area contributed by atoms with E-state index in [1.165, 1.54) is 0 Å². The quantitative estimate of drug-likeness (QED) is 0.718. The van der Waals surface area contributed by atoms with E-state index < -0.39 is 0 Å². The van der Waals surface area contributed by atoms with E-state index in [4.69, 9.17) is 0 Å². The second-order valence-corrected chi connectivity index (χ2v) is 5.20. The second kappa shape index (κ2) is 4.97. The summed E-state index contributed by atoms with van der Waals surface area (Å²) in [5.74, 6) is 0.874. The summed E-state index contributed by atoms with van der Waals surface area (Å²) in [4.78, 5) is 9.01. The van der Waals surface area contributed by atoms with Crippen molar-refractivity contribution in [1.29, 1.82) is 0 Å². The lowest BCUT2D eigenvalue weighted by molar-refractivity contribution is 0.918. The van der Waals surface area contributed by atoms with Crippen LogP contribution in [0.3, 0.4) is 0 Å². The Labute approximate surface area is 120 Å². The highest BCUT2D eigenvalue weighted by molar-refractivity contribution is 9.10. The number of hydrogen-bond donors (Lipinski definition) is 0. The summed E-state index contributed by atoms with van der Waals surface area (Å²) in [5.41, 5.74) is 2.94. The van der Waals surface area contributed by atoms with Crippen molar-refractivity contribution >= 4 is 15.9 Å². The average molecular weight is 314 g/mol. The van der Waals surface area contributed by atoms with Crippen molar-refractivity contribution in [2.75, 3.05) is 0 Å². The van der Waals surface area contributed by atoms with Gasteiger partial charge in [0.1, 0.15) is 5.69 Å². The molecule has 0 N–H and O–H groups in total. The number of halogens is 1. The molecule has 0 saturated heterocycles. The molecule has 1 aromatic carbocycles. The van der Waals surface area contributed by atoms with E-state index in [9.17, 15) is 0 Å². The van der Waals surface area contributed by atoms with Crippen LogP contribution in [0.5, 0.6) is 0 Å². The maximum Gasteiger partial charge on any atom is 0.159 e. The predicted molar refractivity (Wildman–Crippen MR) is 79.6 cm³/mol. The van der Waals surface area contributed by atoms with Gasteiger partial charge in [0.2, 0.25) is 0 Å². The molecule has 0 unspecified atom stereocenters. The highest BCUT2D eigenvalue weighted by atomic mass is 79.9. The largest absolute Gasteiger partial charge is 0.332 e. The predicted octanol–water partition coefficient (Wildman–Crippen LogP) is 3.91. The minimum Gasteiger partial charge on any atom is -0.332 e. The van der Waals surface area contributed by atoms with E-state index in [1.54, 1.807) is 6.20 Å². The Morgan fingerprint density at radius 3 is 2.47 bits per heavy atom. The SMILES string of the molecule is Cn1cc(-c2ccc(Br)cc2)nc1-c1ccccn1. The number of hydrogen-bond acceptors (Lipinski definition) is 2. The van der Waals surface area contributed by atoms with Gasteiger partial charge in [-0.15, -0.1) is 0 Å². The summed E-state index contributed by atoms with van der Waals surface area (Å²) >= 11 is 3.44. The van der Waals surface area contributed by atoms with Crippen LogP contribution in [0.25, 0.3) is 22.8 Å². The zero-order valence-electron chi connectivity index (χ0n) is 10.4. The number of nitrogens with zero attached hydrogens (tertiary/aromatic N) is 3. The molecule has 2 aromatic heterocycles. The number of aryl methyl sites for hydroxylation is 1. The third kappa shape index (κ3) is 2.44. The summed E-state index contributed by atoms with van der Waals surface area (Å²) in [5, 5.41) is 0. The molecule has 19 heavy (non-hydrogen) atoms. The Balaban J connectivity index is 2.04. The number of rotatable bonds is 2. The maximum atomic E-state index is 4.67. The summed E-state index contributed by atoms with van der Waals surface area (Å²) in [7, 11) is 1.99. The van der Waals surface area contributed by atoms with Crippen molar-refractivity contribution in [3.63, 3.8) is 0 Å². The molecule has 0 atom stereocenters. The first kappa shape index (κ1) is 12.1. The van der Waals surface area contributed by atoms with Gasteiger partial charge in [-0.2, -0.15) is 0 Å². The standard InChI is InChI=1S/C15H12BrN3/c1-19-10-14(11-5-7-12(16)8-6-11)18-15(19)13-4-2-3-9-17-13/h2-10H,1H3. The van der Waals surface area contributed by atoms with Crippen LogP contribution in [-0.4, -0.2) is 14.5 Å². The van der Waals surface area contributed by atoms with Crippen LogP contribution >= 0.6 is 15.9 Å². The Morgan fingerprint density at radius 1 is 1.00 bits per heavy atom. The first-order valence-electron chi connectivity index (χ1n) is 5.95. The maximum absolute atomic E-state index is 4.67. The molecule has 4 heteroatoms. The van der Waals surface area contributed by atoms with Gasteiger partial charge in [-0.1, -0.05) is 34.1 Å². The normalized spacial score (nSPS) is 10.6. The van der Waals surface area contributed by atoms with Crippen LogP contribution in [0.2, 0.25) is 0 Å². The van der Waals surface area contributed by atoms with Gasteiger partial charge in [0.25, 0.3) is 0 Å². The topological polar surface area (TPSA) is 30.7 Å². The fourth-order valence-corrected chi connectivity index (χ4v) is 2.22. The Kier molecular flexibility index (Phi) is 3.17. The van der Waals surface area contributed by atoms with E-state index in [-0.39, 0.29) is 0 Å². The molecule has 94 valence electrons. The van der Waals surface area contributed by atoms with Crippen LogP contribution in [0.4, 0.5) is 0 Å². The zero-order valence-corrected chi connectivity index (χ0v) is 12.0. The minimum atomic E-state index is 0.874. The van der Waals surface area contributed by atoms with Gasteiger partial charge < -0.3 is 4.57 Å². The van der Waals surface area contributed by atoms with E-state index in [0.717, 1.165) is 27.2 Å². The van der Waals surface area contributed by atoms with Crippen molar-refractivity contribution in [3.05, 3.63) is 59.3 Å². The van der Waals surface area contributed by atoms with Gasteiger partial charge in [0.15, 0.2) is 5.82 Å². The molecule has 3 aromatic rings. The van der Waals surface area contributed by atoms with Crippen LogP contribution in [0.1, 0.15) is 0 Å². The van der Waals surface area contributed by atoms with Gasteiger partial charge in [-0.05, 0) is 24.3 Å².